The molecule has 0 aromatic rings. The molecule has 3 fully saturated rings. The molecule has 0 spiro atoms. The van der Waals surface area contributed by atoms with Crippen molar-refractivity contribution in [3.05, 3.63) is 11.6 Å². The van der Waals surface area contributed by atoms with Crippen LogP contribution >= 0.6 is 12.6 Å². The molecule has 31 heavy (non-hydrogen) atoms. The zero-order chi connectivity index (χ0) is 22.4. The van der Waals surface area contributed by atoms with Crippen LogP contribution in [-0.2, 0) is 4.74 Å². The van der Waals surface area contributed by atoms with Crippen LogP contribution in [0.15, 0.2) is 11.6 Å². The number of fused-ring (bicyclic) bond motifs is 5. The van der Waals surface area contributed by atoms with Crippen molar-refractivity contribution in [3.8, 4) is 0 Å². The van der Waals surface area contributed by atoms with Crippen molar-refractivity contribution < 1.29 is 9.53 Å². The molecule has 0 aromatic heterocycles. The molecule has 2 nitrogen and oxygen atoms in total. The van der Waals surface area contributed by atoms with Gasteiger partial charge >= 0.3 is 5.30 Å². The van der Waals surface area contributed by atoms with Crippen LogP contribution in [0.2, 0.25) is 0 Å². The summed E-state index contributed by atoms with van der Waals surface area (Å²) in [4.78, 5) is 11.3. The van der Waals surface area contributed by atoms with Crippen molar-refractivity contribution in [2.45, 2.75) is 111 Å². The highest BCUT2D eigenvalue weighted by Crippen LogP contribution is 2.67. The van der Waals surface area contributed by atoms with E-state index in [-0.39, 0.29) is 6.10 Å². The van der Waals surface area contributed by atoms with Gasteiger partial charge in [-0.2, -0.15) is 0 Å². The number of carbonyl (C=O) groups is 1. The molecule has 3 heteroatoms. The van der Waals surface area contributed by atoms with E-state index in [1.807, 2.05) is 0 Å². The fourth-order valence-corrected chi connectivity index (χ4v) is 9.04. The lowest BCUT2D eigenvalue weighted by molar-refractivity contribution is -0.0573. The minimum Gasteiger partial charge on any atom is -0.454 e. The number of hydrogen-bond donors (Lipinski definition) is 1. The minimum atomic E-state index is -0.421. The van der Waals surface area contributed by atoms with Crippen LogP contribution in [0.4, 0.5) is 4.79 Å². The Labute approximate surface area is 196 Å². The van der Waals surface area contributed by atoms with Gasteiger partial charge in [0.15, 0.2) is 0 Å². The quantitative estimate of drug-likeness (QED) is 0.251. The van der Waals surface area contributed by atoms with E-state index in [1.54, 1.807) is 5.57 Å². The number of hydrogen-bond acceptors (Lipinski definition) is 2. The smallest absolute Gasteiger partial charge is 0.364 e. The monoisotopic (exact) mass is 446 g/mol. The molecule has 3 saturated carbocycles. The Hall–Kier alpha value is -0.440. The molecule has 176 valence electrons. The summed E-state index contributed by atoms with van der Waals surface area (Å²) in [7, 11) is 0. The Balaban J connectivity index is 1.47. The van der Waals surface area contributed by atoms with Gasteiger partial charge in [-0.15, -0.1) is 0 Å². The van der Waals surface area contributed by atoms with Crippen LogP contribution in [0.1, 0.15) is 105 Å². The van der Waals surface area contributed by atoms with Crippen LogP contribution in [0.3, 0.4) is 0 Å². The second kappa shape index (κ2) is 9.07. The Morgan fingerprint density at radius 1 is 1.10 bits per heavy atom. The van der Waals surface area contributed by atoms with Gasteiger partial charge in [0.25, 0.3) is 0 Å². The number of rotatable bonds is 6. The summed E-state index contributed by atoms with van der Waals surface area (Å²) < 4.78 is 5.48. The SMILES string of the molecule is CC(C)CCC[C@@H](C)[C@H]1CCC2C3CC=C4CC(OC(=O)S)CC[C@]4(C)C3CC[C@@]21C. The number of ether oxygens (including phenoxy) is 1. The van der Waals surface area contributed by atoms with Crippen molar-refractivity contribution in [3.63, 3.8) is 0 Å². The van der Waals surface area contributed by atoms with E-state index < -0.39 is 5.30 Å². The third-order valence-electron chi connectivity index (χ3n) is 10.5. The van der Waals surface area contributed by atoms with E-state index in [0.29, 0.717) is 10.8 Å². The van der Waals surface area contributed by atoms with Gasteiger partial charge in [-0.1, -0.05) is 78.2 Å². The maximum Gasteiger partial charge on any atom is 0.364 e. The summed E-state index contributed by atoms with van der Waals surface area (Å²) in [6.45, 7) is 12.5. The van der Waals surface area contributed by atoms with Crippen LogP contribution in [0.5, 0.6) is 0 Å². The lowest BCUT2D eigenvalue weighted by Gasteiger charge is -2.58. The fourth-order valence-electron chi connectivity index (χ4n) is 8.90. The molecule has 0 aromatic carbocycles. The summed E-state index contributed by atoms with van der Waals surface area (Å²) in [5.41, 5.74) is 2.46. The van der Waals surface area contributed by atoms with Gasteiger partial charge < -0.3 is 4.74 Å². The van der Waals surface area contributed by atoms with Crippen LogP contribution in [0, 0.1) is 46.3 Å². The molecule has 4 aliphatic carbocycles. The van der Waals surface area contributed by atoms with E-state index in [9.17, 15) is 4.79 Å². The summed E-state index contributed by atoms with van der Waals surface area (Å²) in [5.74, 6) is 5.24. The fraction of sp³-hybridized carbons (Fsp3) is 0.893. The van der Waals surface area contributed by atoms with Gasteiger partial charge in [0.05, 0.1) is 0 Å². The number of thiol groups is 1. The predicted molar refractivity (Wildman–Crippen MR) is 132 cm³/mol. The largest absolute Gasteiger partial charge is 0.454 e. The van der Waals surface area contributed by atoms with Crippen molar-refractivity contribution in [1.29, 1.82) is 0 Å². The molecule has 0 amide bonds. The lowest BCUT2D eigenvalue weighted by Crippen LogP contribution is -2.51. The molecular weight excluding hydrogens is 400 g/mol. The molecule has 8 atom stereocenters. The Morgan fingerprint density at radius 3 is 2.58 bits per heavy atom. The summed E-state index contributed by atoms with van der Waals surface area (Å²) in [6.07, 6.45) is 16.9. The highest BCUT2D eigenvalue weighted by molar-refractivity contribution is 7.96. The van der Waals surface area contributed by atoms with Gasteiger partial charge in [0.2, 0.25) is 0 Å². The van der Waals surface area contributed by atoms with E-state index in [4.69, 9.17) is 4.74 Å². The first-order valence-electron chi connectivity index (χ1n) is 13.2. The molecule has 0 saturated heterocycles. The van der Waals surface area contributed by atoms with E-state index >= 15 is 0 Å². The third-order valence-corrected chi connectivity index (χ3v) is 10.6. The zero-order valence-corrected chi connectivity index (χ0v) is 21.6. The van der Waals surface area contributed by atoms with Crippen LogP contribution in [-0.4, -0.2) is 11.4 Å². The second-order valence-electron chi connectivity index (χ2n) is 12.5. The van der Waals surface area contributed by atoms with Crippen molar-refractivity contribution >= 4 is 17.9 Å². The first kappa shape index (κ1) is 23.7. The normalized spacial score (nSPS) is 42.9. The highest BCUT2D eigenvalue weighted by atomic mass is 32.1. The Kier molecular flexibility index (Phi) is 6.94. The van der Waals surface area contributed by atoms with Gasteiger partial charge in [0, 0.05) is 6.42 Å². The first-order valence-corrected chi connectivity index (χ1v) is 13.7. The van der Waals surface area contributed by atoms with Gasteiger partial charge in [-0.3, -0.25) is 0 Å². The van der Waals surface area contributed by atoms with Gasteiger partial charge in [-0.25, -0.2) is 4.79 Å². The average molecular weight is 447 g/mol. The average Bonchev–Trinajstić information content (AvgIpc) is 3.05. The number of carbonyl (C=O) groups excluding carboxylic acids is 1. The molecule has 0 N–H and O–H groups in total. The number of allylic oxidation sites excluding steroid dienone is 1. The lowest BCUT2D eigenvalue weighted by atomic mass is 9.47. The van der Waals surface area contributed by atoms with Gasteiger partial charge in [-0.05, 0) is 91.3 Å². The summed E-state index contributed by atoms with van der Waals surface area (Å²) in [6, 6.07) is 0. The molecule has 0 radical (unpaired) electrons. The molecule has 0 aliphatic heterocycles. The molecule has 0 heterocycles. The molecule has 4 unspecified atom stereocenters. The van der Waals surface area contributed by atoms with Crippen LogP contribution < -0.4 is 0 Å². The maximum absolute atomic E-state index is 11.3. The molecule has 0 bridgehead atoms. The maximum atomic E-state index is 11.3. The van der Waals surface area contributed by atoms with E-state index in [0.717, 1.165) is 48.3 Å². The van der Waals surface area contributed by atoms with E-state index in [2.05, 4.69) is 53.3 Å². The third kappa shape index (κ3) is 4.38. The topological polar surface area (TPSA) is 26.3 Å². The highest BCUT2D eigenvalue weighted by Gasteiger charge is 2.59. The van der Waals surface area contributed by atoms with Gasteiger partial charge in [0.1, 0.15) is 6.10 Å². The molecular formula is C28H46O2S. The zero-order valence-electron chi connectivity index (χ0n) is 20.7. The standard InChI is InChI=1S/C28H46O2S/c1-18(2)7-6-8-19(3)23-11-12-24-22-10-9-20-17-21(30-26(29)31)13-15-27(20,4)25(22)14-16-28(23,24)5/h9,18-19,21-25H,6-8,10-17H2,1-5H3,(H,29,31)/t19-,21?,22?,23-,24?,25?,27+,28-/m1/s1. The van der Waals surface area contributed by atoms with E-state index in [1.165, 1.54) is 57.8 Å². The first-order chi connectivity index (χ1) is 14.6. The summed E-state index contributed by atoms with van der Waals surface area (Å²) >= 11 is 3.85. The Morgan fingerprint density at radius 2 is 1.87 bits per heavy atom. The summed E-state index contributed by atoms with van der Waals surface area (Å²) in [5, 5.41) is -0.421. The predicted octanol–water partition coefficient (Wildman–Crippen LogP) is 8.46. The minimum absolute atomic E-state index is 0.0391. The van der Waals surface area contributed by atoms with Crippen molar-refractivity contribution in [2.75, 3.05) is 0 Å². The second-order valence-corrected chi connectivity index (χ2v) is 12.9. The Bertz CT molecular complexity index is 699. The van der Waals surface area contributed by atoms with Crippen molar-refractivity contribution in [2.24, 2.45) is 46.3 Å². The van der Waals surface area contributed by atoms with Crippen molar-refractivity contribution in [1.82, 2.24) is 0 Å². The van der Waals surface area contributed by atoms with Crippen LogP contribution in [0.25, 0.3) is 0 Å². The molecule has 4 rings (SSSR count). The molecule has 4 aliphatic rings.